The van der Waals surface area contributed by atoms with Gasteiger partial charge in [-0.3, -0.25) is 5.32 Å². The van der Waals surface area contributed by atoms with Gasteiger partial charge in [0.05, 0.1) is 33.5 Å². The number of carbonyl (C=O) groups excluding carboxylic acids is 1. The van der Waals surface area contributed by atoms with Gasteiger partial charge in [0.15, 0.2) is 6.10 Å². The van der Waals surface area contributed by atoms with Gasteiger partial charge in [-0.05, 0) is 35.7 Å². The van der Waals surface area contributed by atoms with E-state index in [1.54, 1.807) is 6.07 Å². The molecule has 4 rings (SSSR count). The molecule has 2 aliphatic heterocycles. The number of hydrogen-bond acceptors (Lipinski definition) is 8. The van der Waals surface area contributed by atoms with Crippen molar-refractivity contribution >= 4 is 21.8 Å². The average Bonchev–Trinajstić information content (AvgIpc) is 3.42. The highest BCUT2D eigenvalue weighted by Gasteiger charge is 2.50. The molecule has 2 aromatic rings. The van der Waals surface area contributed by atoms with E-state index in [4.69, 9.17) is 23.7 Å². The Morgan fingerprint density at radius 3 is 2.37 bits per heavy atom. The first-order valence-electron chi connectivity index (χ1n) is 11.3. The molecule has 2 fully saturated rings. The maximum absolute atomic E-state index is 13.1. The number of fused-ring (bicyclic) bond motifs is 1. The lowest BCUT2D eigenvalue weighted by atomic mass is 10.0. The van der Waals surface area contributed by atoms with Gasteiger partial charge < -0.3 is 23.7 Å². The molecule has 0 aliphatic carbocycles. The Morgan fingerprint density at radius 1 is 1.00 bits per heavy atom. The Hall–Kier alpha value is -2.86. The molecule has 35 heavy (non-hydrogen) atoms. The van der Waals surface area contributed by atoms with Crippen molar-refractivity contribution in [3.8, 4) is 11.5 Å². The van der Waals surface area contributed by atoms with E-state index in [0.717, 1.165) is 5.56 Å². The molecule has 2 aromatic carbocycles. The zero-order valence-corrected chi connectivity index (χ0v) is 20.8. The number of amides is 1. The minimum atomic E-state index is -3.98. The van der Waals surface area contributed by atoms with Gasteiger partial charge in [0.1, 0.15) is 28.6 Å². The molecule has 4 atom stereocenters. The summed E-state index contributed by atoms with van der Waals surface area (Å²) in [6.45, 7) is 4.35. The Balaban J connectivity index is 1.38. The zero-order chi connectivity index (χ0) is 25.2. The number of carbonyl (C=O) groups is 1. The van der Waals surface area contributed by atoms with E-state index in [1.165, 1.54) is 26.4 Å². The number of nitrogens with one attached hydrogen (secondary N) is 2. The quantitative estimate of drug-likeness (QED) is 0.561. The van der Waals surface area contributed by atoms with E-state index in [9.17, 15) is 13.2 Å². The summed E-state index contributed by atoms with van der Waals surface area (Å²) in [7, 11) is -1.14. The Bertz CT molecular complexity index is 1150. The van der Waals surface area contributed by atoms with Crippen LogP contribution in [-0.4, -0.2) is 66.3 Å². The SMILES string of the molecule is COc1ccc(OC)c(S(=O)(=O)NC2COC3C(OC(=O)Nc4ccc(C(C)C)cc4)COC23)c1. The van der Waals surface area contributed by atoms with Gasteiger partial charge in [0, 0.05) is 11.8 Å². The van der Waals surface area contributed by atoms with Crippen LogP contribution < -0.4 is 19.5 Å². The van der Waals surface area contributed by atoms with Crippen LogP contribution in [-0.2, 0) is 24.2 Å². The van der Waals surface area contributed by atoms with Gasteiger partial charge in [-0.2, -0.15) is 0 Å². The molecule has 0 bridgehead atoms. The molecular formula is C24H30N2O8S. The standard InChI is InChI=1S/C24H30N2O8S/c1-14(2)15-5-7-16(8-6-15)25-24(27)34-20-13-33-22-18(12-32-23(20)22)26-35(28,29)21-11-17(30-3)9-10-19(21)31-4/h5-11,14,18,20,22-23,26H,12-13H2,1-4H3,(H,25,27). The molecule has 0 saturated carbocycles. The van der Waals surface area contributed by atoms with E-state index >= 15 is 0 Å². The Labute approximate surface area is 204 Å². The van der Waals surface area contributed by atoms with Crippen LogP contribution in [0.5, 0.6) is 11.5 Å². The third-order valence-corrected chi connectivity index (χ3v) is 7.57. The zero-order valence-electron chi connectivity index (χ0n) is 20.0. The first-order chi connectivity index (χ1) is 16.7. The van der Waals surface area contributed by atoms with Crippen LogP contribution in [0.3, 0.4) is 0 Å². The van der Waals surface area contributed by atoms with E-state index in [0.29, 0.717) is 17.4 Å². The second-order valence-corrected chi connectivity index (χ2v) is 10.4. The highest BCUT2D eigenvalue weighted by Crippen LogP contribution is 2.32. The van der Waals surface area contributed by atoms with Crippen LogP contribution in [0.4, 0.5) is 10.5 Å². The third kappa shape index (κ3) is 5.53. The molecule has 190 valence electrons. The molecule has 4 unspecified atom stereocenters. The van der Waals surface area contributed by atoms with Crippen molar-refractivity contribution in [1.29, 1.82) is 0 Å². The topological polar surface area (TPSA) is 121 Å². The van der Waals surface area contributed by atoms with Crippen molar-refractivity contribution in [2.75, 3.05) is 32.8 Å². The highest BCUT2D eigenvalue weighted by molar-refractivity contribution is 7.89. The minimum absolute atomic E-state index is 0.0588. The summed E-state index contributed by atoms with van der Waals surface area (Å²) < 4.78 is 56.2. The van der Waals surface area contributed by atoms with Crippen molar-refractivity contribution in [2.45, 2.75) is 49.0 Å². The smallest absolute Gasteiger partial charge is 0.412 e. The maximum Gasteiger partial charge on any atom is 0.412 e. The summed E-state index contributed by atoms with van der Waals surface area (Å²) in [6.07, 6.45) is -2.51. The van der Waals surface area contributed by atoms with Crippen LogP contribution in [0, 0.1) is 0 Å². The maximum atomic E-state index is 13.1. The van der Waals surface area contributed by atoms with Gasteiger partial charge >= 0.3 is 6.09 Å². The van der Waals surface area contributed by atoms with Crippen molar-refractivity contribution < 1.29 is 36.9 Å². The predicted octanol–water partition coefficient (Wildman–Crippen LogP) is 2.89. The highest BCUT2D eigenvalue weighted by atomic mass is 32.2. The normalized spacial score (nSPS) is 23.7. The van der Waals surface area contributed by atoms with Crippen LogP contribution in [0.1, 0.15) is 25.3 Å². The lowest BCUT2D eigenvalue weighted by molar-refractivity contribution is 0.00883. The summed E-state index contributed by atoms with van der Waals surface area (Å²) in [5, 5.41) is 2.70. The summed E-state index contributed by atoms with van der Waals surface area (Å²) in [4.78, 5) is 12.4. The molecule has 1 amide bonds. The second-order valence-electron chi connectivity index (χ2n) is 8.69. The molecule has 2 aliphatic rings. The largest absolute Gasteiger partial charge is 0.497 e. The van der Waals surface area contributed by atoms with E-state index in [-0.39, 0.29) is 23.9 Å². The van der Waals surface area contributed by atoms with Gasteiger partial charge in [0.25, 0.3) is 0 Å². The summed E-state index contributed by atoms with van der Waals surface area (Å²) >= 11 is 0. The van der Waals surface area contributed by atoms with E-state index < -0.39 is 40.5 Å². The second kappa shape index (κ2) is 10.4. The molecule has 0 radical (unpaired) electrons. The number of rotatable bonds is 8. The predicted molar refractivity (Wildman–Crippen MR) is 128 cm³/mol. The molecular weight excluding hydrogens is 476 g/mol. The van der Waals surface area contributed by atoms with Gasteiger partial charge in [-0.25, -0.2) is 17.9 Å². The number of benzene rings is 2. The summed E-state index contributed by atoms with van der Waals surface area (Å²) in [6, 6.07) is 11.4. The monoisotopic (exact) mass is 506 g/mol. The van der Waals surface area contributed by atoms with Crippen molar-refractivity contribution in [2.24, 2.45) is 0 Å². The lowest BCUT2D eigenvalue weighted by Crippen LogP contribution is -2.44. The van der Waals surface area contributed by atoms with E-state index in [2.05, 4.69) is 23.9 Å². The number of methoxy groups -OCH3 is 2. The minimum Gasteiger partial charge on any atom is -0.497 e. The third-order valence-electron chi connectivity index (χ3n) is 6.06. The van der Waals surface area contributed by atoms with Crippen LogP contribution >= 0.6 is 0 Å². The van der Waals surface area contributed by atoms with E-state index in [1.807, 2.05) is 24.3 Å². The number of hydrogen-bond donors (Lipinski definition) is 2. The molecule has 0 aromatic heterocycles. The summed E-state index contributed by atoms with van der Waals surface area (Å²) in [5.41, 5.74) is 1.77. The van der Waals surface area contributed by atoms with Crippen molar-refractivity contribution in [1.82, 2.24) is 4.72 Å². The molecule has 11 heteroatoms. The van der Waals surface area contributed by atoms with Gasteiger partial charge in [0.2, 0.25) is 10.0 Å². The molecule has 2 heterocycles. The van der Waals surface area contributed by atoms with Crippen LogP contribution in [0.2, 0.25) is 0 Å². The van der Waals surface area contributed by atoms with Crippen molar-refractivity contribution in [3.05, 3.63) is 48.0 Å². The van der Waals surface area contributed by atoms with Crippen LogP contribution in [0.15, 0.2) is 47.4 Å². The Morgan fingerprint density at radius 2 is 1.71 bits per heavy atom. The lowest BCUT2D eigenvalue weighted by Gasteiger charge is -2.19. The fraction of sp³-hybridized carbons (Fsp3) is 0.458. The van der Waals surface area contributed by atoms with Crippen LogP contribution in [0.25, 0.3) is 0 Å². The van der Waals surface area contributed by atoms with Gasteiger partial charge in [-0.1, -0.05) is 26.0 Å². The number of sulfonamides is 1. The first-order valence-corrected chi connectivity index (χ1v) is 12.8. The molecule has 2 saturated heterocycles. The molecule has 0 spiro atoms. The summed E-state index contributed by atoms with van der Waals surface area (Å²) in [5.74, 6) is 0.945. The Kier molecular flexibility index (Phi) is 7.50. The number of ether oxygens (including phenoxy) is 5. The van der Waals surface area contributed by atoms with Gasteiger partial charge in [-0.15, -0.1) is 0 Å². The van der Waals surface area contributed by atoms with Crippen molar-refractivity contribution in [3.63, 3.8) is 0 Å². The molecule has 2 N–H and O–H groups in total. The first kappa shape index (κ1) is 25.2. The fourth-order valence-corrected chi connectivity index (χ4v) is 5.57. The molecule has 10 nitrogen and oxygen atoms in total. The number of anilines is 1. The fourth-order valence-electron chi connectivity index (χ4n) is 4.16. The average molecular weight is 507 g/mol.